The van der Waals surface area contributed by atoms with Crippen LogP contribution in [-0.4, -0.2) is 24.0 Å². The van der Waals surface area contributed by atoms with E-state index in [4.69, 9.17) is 4.74 Å². The minimum atomic E-state index is -0.573. The van der Waals surface area contributed by atoms with Gasteiger partial charge in [0.1, 0.15) is 11.9 Å². The molecule has 0 saturated heterocycles. The molecular weight excluding hydrogens is 242 g/mol. The van der Waals surface area contributed by atoms with E-state index in [1.54, 1.807) is 20.8 Å². The zero-order chi connectivity index (χ0) is 14.5. The molecule has 0 aliphatic rings. The van der Waals surface area contributed by atoms with Crippen LogP contribution >= 0.6 is 0 Å². The molecule has 1 N–H and O–H groups in total. The molecule has 1 unspecified atom stereocenters. The van der Waals surface area contributed by atoms with Crippen molar-refractivity contribution in [1.29, 1.82) is 0 Å². The first-order valence-electron chi connectivity index (χ1n) is 6.31. The zero-order valence-corrected chi connectivity index (χ0v) is 11.9. The lowest BCUT2D eigenvalue weighted by molar-refractivity contribution is -0.109. The van der Waals surface area contributed by atoms with E-state index >= 15 is 0 Å². The van der Waals surface area contributed by atoms with Gasteiger partial charge in [-0.3, -0.25) is 0 Å². The summed E-state index contributed by atoms with van der Waals surface area (Å²) in [4.78, 5) is 22.7. The number of rotatable bonds is 4. The number of carbonyl (C=O) groups excluding carboxylic acids is 2. The van der Waals surface area contributed by atoms with Crippen LogP contribution in [0.1, 0.15) is 31.9 Å². The highest BCUT2D eigenvalue weighted by atomic mass is 16.6. The van der Waals surface area contributed by atoms with Gasteiger partial charge in [-0.2, -0.15) is 0 Å². The average molecular weight is 263 g/mol. The molecule has 1 amide bonds. The van der Waals surface area contributed by atoms with Crippen molar-refractivity contribution in [1.82, 2.24) is 5.32 Å². The highest BCUT2D eigenvalue weighted by Gasteiger charge is 2.19. The Morgan fingerprint density at radius 3 is 2.53 bits per heavy atom. The summed E-state index contributed by atoms with van der Waals surface area (Å²) in [6.45, 7) is 7.32. The summed E-state index contributed by atoms with van der Waals surface area (Å²) in [6.07, 6.45) is 0.629. The van der Waals surface area contributed by atoms with Gasteiger partial charge in [0, 0.05) is 0 Å². The highest BCUT2D eigenvalue weighted by Crippen LogP contribution is 2.10. The number of benzene rings is 1. The lowest BCUT2D eigenvalue weighted by Gasteiger charge is -2.21. The fraction of sp³-hybridized carbons (Fsp3) is 0.467. The molecule has 0 heterocycles. The Bertz CT molecular complexity index is 449. The van der Waals surface area contributed by atoms with Crippen molar-refractivity contribution in [3.05, 3.63) is 35.4 Å². The fourth-order valence-corrected chi connectivity index (χ4v) is 1.67. The van der Waals surface area contributed by atoms with Crippen LogP contribution < -0.4 is 5.32 Å². The van der Waals surface area contributed by atoms with Gasteiger partial charge in [-0.05, 0) is 45.2 Å². The van der Waals surface area contributed by atoms with E-state index in [9.17, 15) is 9.59 Å². The van der Waals surface area contributed by atoms with E-state index in [0.29, 0.717) is 6.42 Å². The van der Waals surface area contributed by atoms with Crippen molar-refractivity contribution in [2.45, 2.75) is 45.8 Å². The third kappa shape index (κ3) is 5.55. The number of alkyl carbamates (subject to hydrolysis) is 1. The summed E-state index contributed by atoms with van der Waals surface area (Å²) < 4.78 is 5.13. The number of hydrogen-bond donors (Lipinski definition) is 1. The van der Waals surface area contributed by atoms with E-state index in [2.05, 4.69) is 5.32 Å². The minimum Gasteiger partial charge on any atom is -0.444 e. The highest BCUT2D eigenvalue weighted by molar-refractivity contribution is 5.73. The lowest BCUT2D eigenvalue weighted by Crippen LogP contribution is -2.41. The van der Waals surface area contributed by atoms with Crippen LogP contribution in [0.15, 0.2) is 24.3 Å². The lowest BCUT2D eigenvalue weighted by atomic mass is 10.0. The maximum atomic E-state index is 11.6. The molecular formula is C15H21NO3. The van der Waals surface area contributed by atoms with Crippen molar-refractivity contribution in [3.8, 4) is 0 Å². The predicted molar refractivity (Wildman–Crippen MR) is 74.1 cm³/mol. The van der Waals surface area contributed by atoms with Gasteiger partial charge in [0.05, 0.1) is 6.04 Å². The van der Waals surface area contributed by atoms with Gasteiger partial charge in [0.25, 0.3) is 0 Å². The second kappa shape index (κ2) is 6.36. The molecule has 0 aromatic heterocycles. The predicted octanol–water partition coefficient (Wildman–Crippen LogP) is 2.63. The molecule has 0 fully saturated rings. The Hall–Kier alpha value is -1.84. The number of aldehydes is 1. The molecule has 1 aromatic rings. The maximum Gasteiger partial charge on any atom is 0.408 e. The largest absolute Gasteiger partial charge is 0.444 e. The molecule has 104 valence electrons. The fourth-order valence-electron chi connectivity index (χ4n) is 1.67. The van der Waals surface area contributed by atoms with E-state index in [1.807, 2.05) is 31.2 Å². The Labute approximate surface area is 114 Å². The summed E-state index contributed by atoms with van der Waals surface area (Å²) in [5.41, 5.74) is 1.57. The van der Waals surface area contributed by atoms with Crippen LogP contribution in [0.5, 0.6) is 0 Å². The molecule has 4 heteroatoms. The van der Waals surface area contributed by atoms with Crippen molar-refractivity contribution in [2.24, 2.45) is 0 Å². The van der Waals surface area contributed by atoms with Crippen LogP contribution in [0.2, 0.25) is 0 Å². The van der Waals surface area contributed by atoms with Gasteiger partial charge in [0.2, 0.25) is 0 Å². The molecule has 0 aliphatic carbocycles. The second-order valence-corrected chi connectivity index (χ2v) is 5.52. The van der Waals surface area contributed by atoms with Crippen molar-refractivity contribution in [3.63, 3.8) is 0 Å². The number of ether oxygens (including phenoxy) is 1. The minimum absolute atomic E-state index is 0.468. The van der Waals surface area contributed by atoms with E-state index < -0.39 is 17.7 Å². The Kier molecular flexibility index (Phi) is 5.10. The zero-order valence-electron chi connectivity index (χ0n) is 11.9. The molecule has 0 bridgehead atoms. The van der Waals surface area contributed by atoms with Gasteiger partial charge in [-0.25, -0.2) is 4.79 Å². The van der Waals surface area contributed by atoms with E-state index in [1.165, 1.54) is 0 Å². The maximum absolute atomic E-state index is 11.6. The van der Waals surface area contributed by atoms with Crippen molar-refractivity contribution >= 4 is 12.4 Å². The SMILES string of the molecule is Cc1ccccc1CC(C=O)NC(=O)OC(C)(C)C. The molecule has 0 radical (unpaired) electrons. The van der Waals surface area contributed by atoms with Crippen LogP contribution in [0.25, 0.3) is 0 Å². The summed E-state index contributed by atoms with van der Waals surface area (Å²) >= 11 is 0. The summed E-state index contributed by atoms with van der Waals surface area (Å²) in [5.74, 6) is 0. The van der Waals surface area contributed by atoms with Gasteiger partial charge in [-0.15, -0.1) is 0 Å². The molecule has 1 aromatic carbocycles. The third-order valence-electron chi connectivity index (χ3n) is 2.57. The summed E-state index contributed by atoms with van der Waals surface area (Å²) in [7, 11) is 0. The standard InChI is InChI=1S/C15H21NO3/c1-11-7-5-6-8-12(11)9-13(10-17)16-14(18)19-15(2,3)4/h5-8,10,13H,9H2,1-4H3,(H,16,18). The molecule has 1 atom stereocenters. The molecule has 0 saturated carbocycles. The summed E-state index contributed by atoms with van der Waals surface area (Å²) in [6, 6.07) is 7.21. The van der Waals surface area contributed by atoms with Gasteiger partial charge in [-0.1, -0.05) is 24.3 Å². The number of hydrogen-bond acceptors (Lipinski definition) is 3. The average Bonchev–Trinajstić information content (AvgIpc) is 2.28. The molecule has 0 aliphatic heterocycles. The normalized spacial score (nSPS) is 12.6. The molecule has 4 nitrogen and oxygen atoms in total. The smallest absolute Gasteiger partial charge is 0.408 e. The van der Waals surface area contributed by atoms with E-state index in [-0.39, 0.29) is 0 Å². The third-order valence-corrected chi connectivity index (χ3v) is 2.57. The Morgan fingerprint density at radius 2 is 2.00 bits per heavy atom. The first-order valence-corrected chi connectivity index (χ1v) is 6.31. The molecule has 1 rings (SSSR count). The molecule has 19 heavy (non-hydrogen) atoms. The van der Waals surface area contributed by atoms with Crippen LogP contribution in [0, 0.1) is 6.92 Å². The number of nitrogens with one attached hydrogen (secondary N) is 1. The topological polar surface area (TPSA) is 55.4 Å². The number of amides is 1. The van der Waals surface area contributed by atoms with Crippen LogP contribution in [0.3, 0.4) is 0 Å². The first kappa shape index (κ1) is 15.2. The number of carbonyl (C=O) groups is 2. The van der Waals surface area contributed by atoms with Gasteiger partial charge >= 0.3 is 6.09 Å². The van der Waals surface area contributed by atoms with Gasteiger partial charge < -0.3 is 14.8 Å². The van der Waals surface area contributed by atoms with Crippen molar-refractivity contribution < 1.29 is 14.3 Å². The first-order chi connectivity index (χ1) is 8.81. The second-order valence-electron chi connectivity index (χ2n) is 5.52. The van der Waals surface area contributed by atoms with E-state index in [0.717, 1.165) is 17.4 Å². The van der Waals surface area contributed by atoms with Crippen LogP contribution in [0.4, 0.5) is 4.79 Å². The Balaban J connectivity index is 2.62. The Morgan fingerprint density at radius 1 is 1.37 bits per heavy atom. The monoisotopic (exact) mass is 263 g/mol. The summed E-state index contributed by atoms with van der Waals surface area (Å²) in [5, 5.41) is 2.57. The number of aryl methyl sites for hydroxylation is 1. The van der Waals surface area contributed by atoms with Gasteiger partial charge in [0.15, 0.2) is 0 Å². The molecule has 0 spiro atoms. The van der Waals surface area contributed by atoms with Crippen molar-refractivity contribution in [2.75, 3.05) is 0 Å². The van der Waals surface area contributed by atoms with Crippen LogP contribution in [-0.2, 0) is 16.0 Å². The quantitative estimate of drug-likeness (QED) is 0.850.